The second-order valence-corrected chi connectivity index (χ2v) is 36.2. The number of β-amino-alcohol motifs (C(OH)–C–C–N with tert-alkyl or cyclic N) is 4. The summed E-state index contributed by atoms with van der Waals surface area (Å²) in [6.45, 7) is 5.66. The number of likely N-dealkylation sites (tertiary alicyclic amines) is 3. The number of aliphatic carboxylic acids is 2. The van der Waals surface area contributed by atoms with Gasteiger partial charge in [-0.05, 0) is 226 Å². The number of aliphatic hydroxyl groups is 4. The maximum absolute atomic E-state index is 15.5. The number of isocyanates is 1. The Hall–Kier alpha value is -10.6. The number of hydrogen-bond acceptors (Lipinski definition) is 21. The Bertz CT molecular complexity index is 5470. The van der Waals surface area contributed by atoms with Gasteiger partial charge < -0.3 is 93.1 Å². The van der Waals surface area contributed by atoms with Crippen molar-refractivity contribution in [3.05, 3.63) is 247 Å². The van der Waals surface area contributed by atoms with Crippen LogP contribution in [0.4, 0.5) is 57.3 Å². The van der Waals surface area contributed by atoms with Crippen LogP contribution < -0.4 is 77.2 Å². The summed E-state index contributed by atoms with van der Waals surface area (Å²) >= 11 is 23.2. The normalized spacial score (nSPS) is 19.6. The molecular weight excluding hydrogens is 1850 g/mol. The minimum Gasteiger partial charge on any atom is -0.662 e. The number of nitrogens with zero attached hydrogens (tertiary/aromatic N) is 6. The monoisotopic (exact) mass is 1940 g/mol. The molecule has 6 fully saturated rings. The number of nitrogens with two attached hydrogens (primary N) is 1. The van der Waals surface area contributed by atoms with E-state index in [4.69, 9.17) is 77.5 Å². The zero-order valence-corrected chi connectivity index (χ0v) is 78.6. The van der Waals surface area contributed by atoms with Crippen molar-refractivity contribution in [2.75, 3.05) is 52.8 Å². The van der Waals surface area contributed by atoms with Crippen LogP contribution in [0.5, 0.6) is 0 Å². The number of rotatable bonds is 23. The summed E-state index contributed by atoms with van der Waals surface area (Å²) < 4.78 is 47.0. The Balaban J connectivity index is 0.000000250. The summed E-state index contributed by atoms with van der Waals surface area (Å²) in [4.78, 5) is 114. The van der Waals surface area contributed by atoms with Crippen LogP contribution >= 0.6 is 58.8 Å². The molecule has 4 heterocycles. The smallest absolute Gasteiger partial charge is 0.662 e. The number of carbonyl (C=O) groups is 8. The summed E-state index contributed by atoms with van der Waals surface area (Å²) in [5.74, 6) is -3.55. The van der Waals surface area contributed by atoms with Crippen molar-refractivity contribution in [2.24, 2.45) is 22.6 Å². The second-order valence-electron chi connectivity index (χ2n) is 32.5. The number of carboxylic acids is 2. The Labute approximate surface area is 810 Å². The molecule has 0 aromatic heterocycles. The van der Waals surface area contributed by atoms with E-state index in [1.807, 2.05) is 32.9 Å². The van der Waals surface area contributed by atoms with Gasteiger partial charge in [-0.25, -0.2) is 41.7 Å². The van der Waals surface area contributed by atoms with Crippen molar-refractivity contribution in [3.8, 4) is 12.1 Å². The first-order valence-electron chi connectivity index (χ1n) is 41.0. The minimum atomic E-state index is -1.57. The number of nitriles is 2. The van der Waals surface area contributed by atoms with E-state index in [0.29, 0.717) is 108 Å². The number of carbonyl (C=O) groups excluding carboxylic acids is 7. The van der Waals surface area contributed by atoms with Crippen LogP contribution in [-0.2, 0) is 55.7 Å². The van der Waals surface area contributed by atoms with Crippen molar-refractivity contribution in [3.63, 3.8) is 0 Å². The number of halogens is 7. The maximum atomic E-state index is 15.5. The largest absolute Gasteiger partial charge is 1.00 e. The molecule has 11 atom stereocenters. The van der Waals surface area contributed by atoms with Crippen LogP contribution in [0.3, 0.4) is 0 Å². The van der Waals surface area contributed by atoms with Crippen LogP contribution in [0.25, 0.3) is 0 Å². The molecule has 8 amide bonds. The van der Waals surface area contributed by atoms with Gasteiger partial charge >= 0.3 is 59.6 Å². The van der Waals surface area contributed by atoms with Gasteiger partial charge in [-0.2, -0.15) is 15.5 Å². The van der Waals surface area contributed by atoms with E-state index in [1.165, 1.54) is 40.1 Å². The predicted molar refractivity (Wildman–Crippen MR) is 489 cm³/mol. The fourth-order valence-electron chi connectivity index (χ4n) is 14.5. The number of nitrogens with one attached hydrogen (secondary N) is 7. The molecule has 8 aromatic rings. The number of aliphatic imine (C=N–C) groups is 1. The van der Waals surface area contributed by atoms with Crippen molar-refractivity contribution < 1.29 is 126 Å². The van der Waals surface area contributed by atoms with Gasteiger partial charge in [-0.15, -0.1) is 12.4 Å². The third-order valence-electron chi connectivity index (χ3n) is 21.8. The fourth-order valence-corrected chi connectivity index (χ4v) is 16.0. The van der Waals surface area contributed by atoms with Gasteiger partial charge in [0.05, 0.1) is 91.6 Å². The number of benzene rings is 8. The van der Waals surface area contributed by atoms with Gasteiger partial charge in [-0.3, -0.25) is 19.2 Å². The molecule has 4 aliphatic heterocycles. The van der Waals surface area contributed by atoms with Gasteiger partial charge in [0.1, 0.15) is 35.8 Å². The zero-order valence-electron chi connectivity index (χ0n) is 71.9. The number of hydrogen-bond donors (Lipinski definition) is 14. The quantitative estimate of drug-likeness (QED) is 0.00706. The van der Waals surface area contributed by atoms with Crippen LogP contribution in [0.1, 0.15) is 131 Å². The van der Waals surface area contributed by atoms with E-state index in [-0.39, 0.29) is 98.7 Å². The first-order valence-corrected chi connectivity index (χ1v) is 43.7. The van der Waals surface area contributed by atoms with Crippen molar-refractivity contribution in [2.45, 2.75) is 162 Å². The minimum absolute atomic E-state index is 0. The first kappa shape index (κ1) is 108. The van der Waals surface area contributed by atoms with Crippen LogP contribution in [0, 0.1) is 46.1 Å². The molecule has 0 radical (unpaired) electrons. The number of amides is 8. The Kier molecular flexibility index (Phi) is 41.9. The van der Waals surface area contributed by atoms with E-state index in [2.05, 4.69) is 58.6 Å². The van der Waals surface area contributed by atoms with Crippen LogP contribution in [0.2, 0.25) is 20.1 Å². The zero-order chi connectivity index (χ0) is 94.7. The number of anilines is 5. The third-order valence-corrected chi connectivity index (χ3v) is 24.4. The summed E-state index contributed by atoms with van der Waals surface area (Å²) in [5, 5.41) is 102. The maximum Gasteiger partial charge on any atom is 1.00 e. The van der Waals surface area contributed by atoms with Crippen molar-refractivity contribution >= 4 is 158 Å². The molecule has 0 spiro atoms. The molecule has 15 N–H and O–H groups in total. The van der Waals surface area contributed by atoms with Crippen LogP contribution in [-0.4, -0.2) is 183 Å². The molecule has 2 unspecified atom stereocenters. The summed E-state index contributed by atoms with van der Waals surface area (Å²) in [6, 6.07) is 47.9. The molecule has 8 aromatic carbocycles. The number of carboxylic acid groups (broad SMARTS) is 2. The number of urea groups is 3. The van der Waals surface area contributed by atoms with Crippen LogP contribution in [0.15, 0.2) is 187 Å². The molecule has 41 heteroatoms. The molecule has 4 saturated heterocycles. The molecule has 14 rings (SSSR count). The summed E-state index contributed by atoms with van der Waals surface area (Å²) in [5.41, 5.74) is 10.2. The molecule has 0 bridgehead atoms. The Morgan fingerprint density at radius 3 is 1.30 bits per heavy atom. The Morgan fingerprint density at radius 1 is 0.553 bits per heavy atom. The van der Waals surface area contributed by atoms with Crippen molar-refractivity contribution in [1.29, 1.82) is 10.5 Å². The molecule has 696 valence electrons. The molecule has 132 heavy (non-hydrogen) atoms. The van der Waals surface area contributed by atoms with Gasteiger partial charge in [0, 0.05) is 89.0 Å². The first-order chi connectivity index (χ1) is 61.8. The van der Waals surface area contributed by atoms with Gasteiger partial charge in [0.25, 0.3) is 6.47 Å². The SMILES string of the molecule is CC(C)(C)[S@@](=O)NC(CCC1CC1)(c1cccc(C#N)c1)c1ccc(F)c(NC(=O)[C@@H]2C[C@H](O)CN2C(=O)Nc2ccc(Cl)cc2)c1.Cl.N#Cc1cccc(C(N)(CCC2CC2)c2ccc(F)c(NC(=O)[C@@H]3C[C@H](O)CN3C(=O)Nc3ccc(Cl)cc3)c2)c1.O=C(O)[C@@H]1C[C@H](O)CN1.O=C(O)[C@@H]1C[C@H](O)CN1C(=O)Nc1ccc(Cl)cc1.O=C=Nc1ccc(Cl)cc1.O=CO[O-].[Na+]. The van der Waals surface area contributed by atoms with Gasteiger partial charge in [-0.1, -0.05) is 108 Å². The molecule has 2 aliphatic carbocycles. The van der Waals surface area contributed by atoms with Gasteiger partial charge in [0.2, 0.25) is 17.9 Å². The van der Waals surface area contributed by atoms with E-state index < -0.39 is 129 Å². The van der Waals surface area contributed by atoms with E-state index >= 15 is 8.78 Å². The van der Waals surface area contributed by atoms with E-state index in [9.17, 15) is 68.4 Å². The molecule has 2 saturated carbocycles. The summed E-state index contributed by atoms with van der Waals surface area (Å²) in [7, 11) is -1.57. The van der Waals surface area contributed by atoms with Crippen molar-refractivity contribution in [1.82, 2.24) is 24.7 Å². The fraction of sp³-hybridized carbons (Fsp3) is 0.352. The number of aliphatic hydroxyl groups excluding tert-OH is 4. The summed E-state index contributed by atoms with van der Waals surface area (Å²) in [6.07, 6.45) is 5.90. The van der Waals surface area contributed by atoms with Gasteiger partial charge in [0.15, 0.2) is 0 Å². The molecular formula is C91H98Cl5F2N14NaO18S. The average molecular weight is 1950 g/mol. The molecule has 6 aliphatic rings. The standard InChI is InChI=1S/C35H39ClFN5O4S.C31H31ClFN5O3.C12H13ClN2O4.C7H4ClNO.C5H9NO3.CH2O3.ClH.Na/c1-34(2,3)47(46)41-35(16-15-22-7-8-22,24-6-4-5-23(17-24)20-38)25-9-14-29(37)30(18-25)40-32(44)31-19-28(43)21-42(31)33(45)39-27-12-10-26(36)11-13-27;32-23-7-9-24(10-8-23)36-30(41)38-18-25(39)16-28(38)29(40)37-27-15-22(6-11-26(27)33)31(35,13-12-19-4-5-19)21-3-1-2-20(14-21)17-34;13-7-1-3-8(4-2-7)14-12(19)15-6-9(16)5-10(15)11(17)18;8-6-1-3-7(4-2-6)9-5-10;7-3-1-4(5(8)9)6-2-3;2-1-4-3;;/h4-6,9-14,17-18,22,28,31,41,43H,7-8,15-16,19,21H2,1-3H3,(H,39,45)(H,40,44);1-3,6-11,14-15,19,25,28,39H,4-5,12-13,16,18,35H2,(H,36,41)(H,37,40);1-4,9-10,16H,5-6H2,(H,14,19)(H,17,18);1-4H;3-4,6-7H,1-2H2,(H,8,9);1,3H;1H;/q;;;;;;;+1/p-1/t28-,31-,35?,47+;25-,28-,31?;9-,10-;;3-,4-;;;/m000.0.../s1. The second kappa shape index (κ2) is 51.0. The predicted octanol–water partition coefficient (Wildman–Crippen LogP) is 10.1. The third kappa shape index (κ3) is 31.8. The Morgan fingerprint density at radius 2 is 0.924 bits per heavy atom. The van der Waals surface area contributed by atoms with E-state index in [1.54, 1.807) is 146 Å². The average Bonchev–Trinajstić information content (AvgIpc) is 0.767. The molecule has 32 nitrogen and oxygen atoms in total. The topological polar surface area (TPSA) is 504 Å². The van der Waals surface area contributed by atoms with E-state index in [0.717, 1.165) is 49.0 Å².